The lowest BCUT2D eigenvalue weighted by molar-refractivity contribution is 0.214. The van der Waals surface area contributed by atoms with Gasteiger partial charge in [-0.3, -0.25) is 0 Å². The molecule has 90 valence electrons. The van der Waals surface area contributed by atoms with Crippen molar-refractivity contribution in [1.82, 2.24) is 10.2 Å². The molecule has 4 heteroatoms. The number of methoxy groups -OCH3 is 1. The molecular formula is C13H15ClN2O. The molecule has 0 aromatic carbocycles. The standard InChI is InChI=1S/C13H15ClN2O/c1-17-12-10(6-11(14)15-16-12)3-2-9-7-13(8-9)4-5-13/h2-3,6,9H,4-5,7-8H2,1H3. The zero-order chi connectivity index (χ0) is 11.9. The van der Waals surface area contributed by atoms with Crippen molar-refractivity contribution in [3.05, 3.63) is 22.9 Å². The van der Waals surface area contributed by atoms with Crippen LogP contribution in [0.1, 0.15) is 31.2 Å². The molecule has 0 bridgehead atoms. The summed E-state index contributed by atoms with van der Waals surface area (Å²) in [4.78, 5) is 0. The van der Waals surface area contributed by atoms with Gasteiger partial charge in [0.1, 0.15) is 0 Å². The lowest BCUT2D eigenvalue weighted by Gasteiger charge is -2.33. The predicted octanol–water partition coefficient (Wildman–Crippen LogP) is 3.34. The van der Waals surface area contributed by atoms with Crippen LogP contribution in [0, 0.1) is 11.3 Å². The van der Waals surface area contributed by atoms with E-state index in [0.717, 1.165) is 11.0 Å². The molecule has 0 unspecified atom stereocenters. The van der Waals surface area contributed by atoms with Gasteiger partial charge >= 0.3 is 0 Å². The van der Waals surface area contributed by atoms with Crippen molar-refractivity contribution in [3.63, 3.8) is 0 Å². The molecule has 0 amide bonds. The van der Waals surface area contributed by atoms with Gasteiger partial charge in [0, 0.05) is 5.56 Å². The zero-order valence-electron chi connectivity index (χ0n) is 9.82. The molecule has 0 aliphatic heterocycles. The molecule has 2 aliphatic carbocycles. The van der Waals surface area contributed by atoms with Crippen molar-refractivity contribution < 1.29 is 4.74 Å². The Bertz CT molecular complexity index is 460. The van der Waals surface area contributed by atoms with Gasteiger partial charge in [-0.05, 0) is 43.1 Å². The third-order valence-corrected chi connectivity index (χ3v) is 4.03. The Morgan fingerprint density at radius 1 is 1.41 bits per heavy atom. The van der Waals surface area contributed by atoms with Crippen LogP contribution >= 0.6 is 11.6 Å². The summed E-state index contributed by atoms with van der Waals surface area (Å²) in [6, 6.07) is 1.79. The first-order valence-corrected chi connectivity index (χ1v) is 6.34. The van der Waals surface area contributed by atoms with E-state index in [4.69, 9.17) is 16.3 Å². The molecule has 1 aromatic rings. The third kappa shape index (κ3) is 2.16. The fourth-order valence-electron chi connectivity index (χ4n) is 2.66. The molecule has 3 nitrogen and oxygen atoms in total. The molecule has 1 spiro atoms. The summed E-state index contributed by atoms with van der Waals surface area (Å²) in [5, 5.41) is 8.07. The second-order valence-electron chi connectivity index (χ2n) is 5.16. The van der Waals surface area contributed by atoms with Crippen LogP contribution < -0.4 is 4.74 Å². The molecule has 1 aromatic heterocycles. The molecule has 2 saturated carbocycles. The van der Waals surface area contributed by atoms with Crippen molar-refractivity contribution in [1.29, 1.82) is 0 Å². The van der Waals surface area contributed by atoms with E-state index in [1.54, 1.807) is 13.2 Å². The van der Waals surface area contributed by atoms with Gasteiger partial charge in [-0.1, -0.05) is 23.8 Å². The lowest BCUT2D eigenvalue weighted by atomic mass is 9.72. The molecule has 3 rings (SSSR count). The number of halogens is 1. The number of allylic oxidation sites excluding steroid dienone is 1. The molecule has 2 aliphatic rings. The van der Waals surface area contributed by atoms with E-state index in [1.165, 1.54) is 25.7 Å². The highest BCUT2D eigenvalue weighted by Gasteiger charge is 2.51. The Morgan fingerprint density at radius 3 is 2.82 bits per heavy atom. The summed E-state index contributed by atoms with van der Waals surface area (Å²) >= 11 is 5.83. The van der Waals surface area contributed by atoms with Crippen LogP contribution in [0.3, 0.4) is 0 Å². The fourth-order valence-corrected chi connectivity index (χ4v) is 2.82. The molecule has 0 N–H and O–H groups in total. The monoisotopic (exact) mass is 250 g/mol. The Morgan fingerprint density at radius 2 is 2.18 bits per heavy atom. The van der Waals surface area contributed by atoms with Gasteiger partial charge in [-0.25, -0.2) is 0 Å². The van der Waals surface area contributed by atoms with E-state index in [-0.39, 0.29) is 0 Å². The maximum Gasteiger partial charge on any atom is 0.240 e. The highest BCUT2D eigenvalue weighted by molar-refractivity contribution is 6.29. The Balaban J connectivity index is 1.71. The van der Waals surface area contributed by atoms with Gasteiger partial charge in [0.05, 0.1) is 7.11 Å². The minimum atomic E-state index is 0.401. The first-order chi connectivity index (χ1) is 8.21. The maximum atomic E-state index is 5.83. The van der Waals surface area contributed by atoms with Gasteiger partial charge < -0.3 is 4.74 Å². The number of hydrogen-bond donors (Lipinski definition) is 0. The summed E-state index contributed by atoms with van der Waals surface area (Å²) in [5.74, 6) is 1.25. The summed E-state index contributed by atoms with van der Waals surface area (Å²) in [6.45, 7) is 0. The molecule has 0 atom stereocenters. The molecular weight excluding hydrogens is 236 g/mol. The lowest BCUT2D eigenvalue weighted by Crippen LogP contribution is -2.22. The summed E-state index contributed by atoms with van der Waals surface area (Å²) in [7, 11) is 1.60. The summed E-state index contributed by atoms with van der Waals surface area (Å²) < 4.78 is 5.15. The van der Waals surface area contributed by atoms with Gasteiger partial charge in [-0.2, -0.15) is 0 Å². The smallest absolute Gasteiger partial charge is 0.240 e. The van der Waals surface area contributed by atoms with Crippen molar-refractivity contribution in [3.8, 4) is 5.88 Å². The van der Waals surface area contributed by atoms with Crippen LogP contribution in [0.2, 0.25) is 5.15 Å². The van der Waals surface area contributed by atoms with Crippen molar-refractivity contribution in [2.45, 2.75) is 25.7 Å². The predicted molar refractivity (Wildman–Crippen MR) is 67.0 cm³/mol. The normalized spacial score (nSPS) is 21.8. The van der Waals surface area contributed by atoms with E-state index in [9.17, 15) is 0 Å². The van der Waals surface area contributed by atoms with Crippen LogP contribution in [0.25, 0.3) is 6.08 Å². The summed E-state index contributed by atoms with van der Waals surface area (Å²) in [6.07, 6.45) is 9.86. The number of ether oxygens (including phenoxy) is 1. The summed E-state index contributed by atoms with van der Waals surface area (Å²) in [5.41, 5.74) is 1.65. The molecule has 1 heterocycles. The fraction of sp³-hybridized carbons (Fsp3) is 0.538. The van der Waals surface area contributed by atoms with Crippen LogP contribution in [-0.4, -0.2) is 17.3 Å². The van der Waals surface area contributed by atoms with Gasteiger partial charge in [-0.15, -0.1) is 10.2 Å². The SMILES string of the molecule is COc1nnc(Cl)cc1C=CC1CC2(CC2)C1. The topological polar surface area (TPSA) is 35.0 Å². The van der Waals surface area contributed by atoms with Crippen molar-refractivity contribution in [2.75, 3.05) is 7.11 Å². The number of nitrogens with zero attached hydrogens (tertiary/aromatic N) is 2. The minimum Gasteiger partial charge on any atom is -0.479 e. The van der Waals surface area contributed by atoms with E-state index in [0.29, 0.717) is 17.0 Å². The van der Waals surface area contributed by atoms with Crippen LogP contribution in [0.15, 0.2) is 12.1 Å². The number of rotatable bonds is 3. The first kappa shape index (κ1) is 11.0. The second kappa shape index (κ2) is 3.98. The molecule has 17 heavy (non-hydrogen) atoms. The van der Waals surface area contributed by atoms with E-state index in [2.05, 4.69) is 22.3 Å². The van der Waals surface area contributed by atoms with Crippen molar-refractivity contribution >= 4 is 17.7 Å². The molecule has 0 saturated heterocycles. The maximum absolute atomic E-state index is 5.83. The highest BCUT2D eigenvalue weighted by atomic mass is 35.5. The van der Waals surface area contributed by atoms with Crippen molar-refractivity contribution in [2.24, 2.45) is 11.3 Å². The second-order valence-corrected chi connectivity index (χ2v) is 5.55. The number of hydrogen-bond acceptors (Lipinski definition) is 3. The molecule has 2 fully saturated rings. The van der Waals surface area contributed by atoms with Crippen LogP contribution in [0.4, 0.5) is 0 Å². The van der Waals surface area contributed by atoms with Gasteiger partial charge in [0.25, 0.3) is 0 Å². The average molecular weight is 251 g/mol. The van der Waals surface area contributed by atoms with E-state index < -0.39 is 0 Å². The number of aromatic nitrogens is 2. The Kier molecular flexibility index (Phi) is 2.58. The molecule has 0 radical (unpaired) electrons. The van der Waals surface area contributed by atoms with Crippen LogP contribution in [0.5, 0.6) is 5.88 Å². The Labute approximate surface area is 106 Å². The first-order valence-electron chi connectivity index (χ1n) is 5.96. The van der Waals surface area contributed by atoms with Gasteiger partial charge in [0.15, 0.2) is 5.15 Å². The van der Waals surface area contributed by atoms with E-state index in [1.807, 2.05) is 0 Å². The van der Waals surface area contributed by atoms with Gasteiger partial charge in [0.2, 0.25) is 5.88 Å². The van der Waals surface area contributed by atoms with Crippen LogP contribution in [-0.2, 0) is 0 Å². The zero-order valence-corrected chi connectivity index (χ0v) is 10.6. The highest BCUT2D eigenvalue weighted by Crippen LogP contribution is 2.63. The third-order valence-electron chi connectivity index (χ3n) is 3.85. The largest absolute Gasteiger partial charge is 0.479 e. The average Bonchev–Trinajstić information content (AvgIpc) is 3.05. The quantitative estimate of drug-likeness (QED) is 0.825. The minimum absolute atomic E-state index is 0.401. The van der Waals surface area contributed by atoms with E-state index >= 15 is 0 Å². The Hall–Kier alpha value is -1.09.